The summed E-state index contributed by atoms with van der Waals surface area (Å²) >= 11 is 1.74. The highest BCUT2D eigenvalue weighted by molar-refractivity contribution is 7.07. The number of aryl methyl sites for hydroxylation is 1. The Bertz CT molecular complexity index is 523. The fourth-order valence-electron chi connectivity index (χ4n) is 2.23. The smallest absolute Gasteiger partial charge is 0.0670 e. The Morgan fingerprint density at radius 1 is 1.44 bits per heavy atom. The van der Waals surface area contributed by atoms with Gasteiger partial charge in [0, 0.05) is 23.8 Å². The first-order chi connectivity index (χ1) is 8.74. The van der Waals surface area contributed by atoms with E-state index in [2.05, 4.69) is 45.8 Å². The second-order valence-corrected chi connectivity index (χ2v) is 5.87. The molecule has 2 heterocycles. The summed E-state index contributed by atoms with van der Waals surface area (Å²) in [4.78, 5) is 0. The van der Waals surface area contributed by atoms with Crippen LogP contribution in [0.3, 0.4) is 0 Å². The molecule has 2 aromatic heterocycles. The lowest BCUT2D eigenvalue weighted by molar-refractivity contribution is 0.653. The van der Waals surface area contributed by atoms with E-state index >= 15 is 0 Å². The van der Waals surface area contributed by atoms with Crippen LogP contribution in [0.15, 0.2) is 16.8 Å². The van der Waals surface area contributed by atoms with Crippen molar-refractivity contribution >= 4 is 11.3 Å². The van der Waals surface area contributed by atoms with Crippen LogP contribution in [-0.4, -0.2) is 15.8 Å². The molecule has 1 fully saturated rings. The summed E-state index contributed by atoms with van der Waals surface area (Å²) in [5.74, 6) is 0. The zero-order valence-electron chi connectivity index (χ0n) is 10.9. The van der Waals surface area contributed by atoms with Crippen LogP contribution >= 0.6 is 11.3 Å². The third-order valence-electron chi connectivity index (χ3n) is 3.59. The van der Waals surface area contributed by atoms with E-state index < -0.39 is 0 Å². The van der Waals surface area contributed by atoms with Gasteiger partial charge in [-0.05, 0) is 49.1 Å². The summed E-state index contributed by atoms with van der Waals surface area (Å²) in [7, 11) is 0. The normalized spacial score (nSPS) is 15.2. The van der Waals surface area contributed by atoms with Gasteiger partial charge >= 0.3 is 0 Å². The van der Waals surface area contributed by atoms with E-state index in [0.29, 0.717) is 0 Å². The quantitative estimate of drug-likeness (QED) is 0.897. The fraction of sp³-hybridized carbons (Fsp3) is 0.500. The van der Waals surface area contributed by atoms with Gasteiger partial charge in [0.1, 0.15) is 0 Å². The van der Waals surface area contributed by atoms with Gasteiger partial charge in [-0.3, -0.25) is 4.68 Å². The number of aromatic nitrogens is 2. The molecule has 0 aliphatic heterocycles. The molecule has 0 spiro atoms. The van der Waals surface area contributed by atoms with Gasteiger partial charge in [-0.2, -0.15) is 16.4 Å². The van der Waals surface area contributed by atoms with Crippen LogP contribution in [0, 0.1) is 13.8 Å². The highest BCUT2D eigenvalue weighted by Crippen LogP contribution is 2.21. The molecule has 0 unspecified atom stereocenters. The summed E-state index contributed by atoms with van der Waals surface area (Å²) in [6.45, 7) is 6.14. The maximum Gasteiger partial charge on any atom is 0.0670 e. The number of nitrogens with zero attached hydrogens (tertiary/aromatic N) is 2. The molecule has 0 radical (unpaired) electrons. The monoisotopic (exact) mass is 261 g/mol. The predicted molar refractivity (Wildman–Crippen MR) is 75.0 cm³/mol. The van der Waals surface area contributed by atoms with Crippen molar-refractivity contribution in [2.24, 2.45) is 0 Å². The average molecular weight is 261 g/mol. The Morgan fingerprint density at radius 3 is 2.94 bits per heavy atom. The van der Waals surface area contributed by atoms with E-state index in [1.165, 1.54) is 29.7 Å². The lowest BCUT2D eigenvalue weighted by atomic mass is 10.2. The van der Waals surface area contributed by atoms with E-state index in [-0.39, 0.29) is 0 Å². The van der Waals surface area contributed by atoms with Crippen molar-refractivity contribution in [3.05, 3.63) is 39.3 Å². The zero-order valence-corrected chi connectivity index (χ0v) is 11.8. The summed E-state index contributed by atoms with van der Waals surface area (Å²) < 4.78 is 2.13. The van der Waals surface area contributed by atoms with Gasteiger partial charge in [0.2, 0.25) is 0 Å². The molecule has 1 aliphatic rings. The number of rotatable bonds is 5. The number of hydrogen-bond donors (Lipinski definition) is 1. The summed E-state index contributed by atoms with van der Waals surface area (Å²) in [6, 6.07) is 2.92. The van der Waals surface area contributed by atoms with Gasteiger partial charge in [-0.15, -0.1) is 0 Å². The molecule has 4 heteroatoms. The topological polar surface area (TPSA) is 29.9 Å². The van der Waals surface area contributed by atoms with Crippen LogP contribution < -0.4 is 5.32 Å². The molecule has 18 heavy (non-hydrogen) atoms. The molecule has 1 saturated carbocycles. The van der Waals surface area contributed by atoms with Crippen molar-refractivity contribution in [2.45, 2.75) is 45.8 Å². The minimum absolute atomic E-state index is 0.754. The zero-order chi connectivity index (χ0) is 12.5. The molecule has 0 saturated heterocycles. The van der Waals surface area contributed by atoms with Gasteiger partial charge in [-0.25, -0.2) is 0 Å². The van der Waals surface area contributed by atoms with Crippen molar-refractivity contribution in [1.82, 2.24) is 15.1 Å². The number of thiophene rings is 1. The molecule has 1 N–H and O–H groups in total. The van der Waals surface area contributed by atoms with Gasteiger partial charge in [-0.1, -0.05) is 0 Å². The third kappa shape index (κ3) is 2.49. The molecule has 0 atom stereocenters. The first-order valence-electron chi connectivity index (χ1n) is 6.51. The van der Waals surface area contributed by atoms with E-state index in [0.717, 1.165) is 24.8 Å². The van der Waals surface area contributed by atoms with Crippen molar-refractivity contribution in [3.63, 3.8) is 0 Å². The van der Waals surface area contributed by atoms with Crippen LogP contribution in [0.4, 0.5) is 0 Å². The molecular weight excluding hydrogens is 242 g/mol. The van der Waals surface area contributed by atoms with Crippen molar-refractivity contribution in [3.8, 4) is 0 Å². The molecule has 3 rings (SSSR count). The molecule has 2 aromatic rings. The van der Waals surface area contributed by atoms with Crippen LogP contribution in [0.25, 0.3) is 0 Å². The standard InChI is InChI=1S/C14H19N3S/c1-10-14(7-15-13-3-4-13)11(2)17(16-10)8-12-5-6-18-9-12/h5-6,9,13,15H,3-4,7-8H2,1-2H3. The Kier molecular flexibility index (Phi) is 3.22. The minimum Gasteiger partial charge on any atom is -0.310 e. The average Bonchev–Trinajstić information content (AvgIpc) is 2.96. The van der Waals surface area contributed by atoms with E-state index in [1.54, 1.807) is 11.3 Å². The van der Waals surface area contributed by atoms with Crippen LogP contribution in [0.2, 0.25) is 0 Å². The predicted octanol–water partition coefficient (Wildman–Crippen LogP) is 2.86. The van der Waals surface area contributed by atoms with E-state index in [9.17, 15) is 0 Å². The van der Waals surface area contributed by atoms with Gasteiger partial charge in [0.05, 0.1) is 12.2 Å². The van der Waals surface area contributed by atoms with Gasteiger partial charge in [0.25, 0.3) is 0 Å². The molecule has 1 aliphatic carbocycles. The van der Waals surface area contributed by atoms with Crippen molar-refractivity contribution in [1.29, 1.82) is 0 Å². The third-order valence-corrected chi connectivity index (χ3v) is 4.32. The SMILES string of the molecule is Cc1nn(Cc2ccsc2)c(C)c1CNC1CC1. The minimum atomic E-state index is 0.754. The molecule has 96 valence electrons. The second kappa shape index (κ2) is 4.86. The first kappa shape index (κ1) is 11.9. The fourth-order valence-corrected chi connectivity index (χ4v) is 2.89. The largest absolute Gasteiger partial charge is 0.310 e. The Hall–Kier alpha value is -1.13. The van der Waals surface area contributed by atoms with Gasteiger partial charge in [0.15, 0.2) is 0 Å². The van der Waals surface area contributed by atoms with E-state index in [4.69, 9.17) is 0 Å². The summed E-state index contributed by atoms with van der Waals surface area (Å²) in [6.07, 6.45) is 2.67. The molecular formula is C14H19N3S. The number of hydrogen-bond acceptors (Lipinski definition) is 3. The van der Waals surface area contributed by atoms with Crippen LogP contribution in [-0.2, 0) is 13.1 Å². The Morgan fingerprint density at radius 2 is 2.28 bits per heavy atom. The van der Waals surface area contributed by atoms with Crippen LogP contribution in [0.1, 0.15) is 35.4 Å². The van der Waals surface area contributed by atoms with Gasteiger partial charge < -0.3 is 5.32 Å². The molecule has 0 amide bonds. The lowest BCUT2D eigenvalue weighted by Gasteiger charge is -2.05. The molecule has 0 aromatic carbocycles. The van der Waals surface area contributed by atoms with Crippen molar-refractivity contribution < 1.29 is 0 Å². The highest BCUT2D eigenvalue weighted by Gasteiger charge is 2.21. The Balaban J connectivity index is 1.75. The molecule has 0 bridgehead atoms. The lowest BCUT2D eigenvalue weighted by Crippen LogP contribution is -2.16. The summed E-state index contributed by atoms with van der Waals surface area (Å²) in [5, 5.41) is 12.6. The van der Waals surface area contributed by atoms with Crippen molar-refractivity contribution in [2.75, 3.05) is 0 Å². The van der Waals surface area contributed by atoms with E-state index in [1.807, 2.05) is 0 Å². The Labute approximate surface area is 112 Å². The van der Waals surface area contributed by atoms with Crippen LogP contribution in [0.5, 0.6) is 0 Å². The second-order valence-electron chi connectivity index (χ2n) is 5.09. The maximum atomic E-state index is 4.66. The number of nitrogens with one attached hydrogen (secondary N) is 1. The molecule has 3 nitrogen and oxygen atoms in total. The summed E-state index contributed by atoms with van der Waals surface area (Å²) in [5.41, 5.74) is 5.17. The first-order valence-corrected chi connectivity index (χ1v) is 7.45. The highest BCUT2D eigenvalue weighted by atomic mass is 32.1. The maximum absolute atomic E-state index is 4.66.